The van der Waals surface area contributed by atoms with Crippen LogP contribution in [0.4, 0.5) is 5.69 Å². The number of carbonyl (C=O) groups is 1. The summed E-state index contributed by atoms with van der Waals surface area (Å²) >= 11 is 5.56. The summed E-state index contributed by atoms with van der Waals surface area (Å²) in [5, 5.41) is 0. The molecule has 5 heteroatoms. The number of Topliss-reactive ketones (excluding diaryl/α,β-unsaturated/α-hetero) is 1. The molecule has 0 amide bonds. The minimum Gasteiger partial charge on any atom is -0.332 e. The van der Waals surface area contributed by atoms with Crippen molar-refractivity contribution < 1.29 is 14.3 Å². The second-order valence-corrected chi connectivity index (χ2v) is 6.12. The minimum absolute atomic E-state index is 0.118. The number of hydrogen-bond donors (Lipinski definition) is 0. The fourth-order valence-corrected chi connectivity index (χ4v) is 3.61. The van der Waals surface area contributed by atoms with Crippen LogP contribution in [0.5, 0.6) is 0 Å². The third-order valence-electron chi connectivity index (χ3n) is 4.36. The lowest BCUT2D eigenvalue weighted by atomic mass is 9.97. The Morgan fingerprint density at radius 2 is 1.87 bits per heavy atom. The van der Waals surface area contributed by atoms with Crippen molar-refractivity contribution >= 4 is 28.7 Å². The fourth-order valence-electron chi connectivity index (χ4n) is 3.23. The fraction of sp³-hybridized carbons (Fsp3) is 0.222. The highest BCUT2D eigenvalue weighted by molar-refractivity contribution is 7.80. The van der Waals surface area contributed by atoms with Gasteiger partial charge in [-0.3, -0.25) is 9.69 Å². The lowest BCUT2D eigenvalue weighted by Gasteiger charge is -2.38. The first-order valence-electron chi connectivity index (χ1n) is 7.36. The van der Waals surface area contributed by atoms with Gasteiger partial charge in [-0.25, -0.2) is 0 Å². The van der Waals surface area contributed by atoms with Gasteiger partial charge >= 0.3 is 0 Å². The number of carbonyl (C=O) groups excluding carboxylic acids is 1. The molecule has 2 atom stereocenters. The zero-order valence-corrected chi connectivity index (χ0v) is 13.6. The number of hydrogen-bond acceptors (Lipinski definition) is 4. The normalized spacial score (nSPS) is 25.7. The van der Waals surface area contributed by atoms with Gasteiger partial charge in [-0.2, -0.15) is 0 Å². The molecule has 2 aromatic carbocycles. The zero-order valence-electron chi connectivity index (χ0n) is 12.8. The summed E-state index contributed by atoms with van der Waals surface area (Å²) in [6, 6.07) is 15.3. The van der Waals surface area contributed by atoms with E-state index in [-0.39, 0.29) is 5.78 Å². The first-order chi connectivity index (χ1) is 11.1. The summed E-state index contributed by atoms with van der Waals surface area (Å²) in [4.78, 5) is 14.9. The van der Waals surface area contributed by atoms with Crippen LogP contribution in [0.2, 0.25) is 0 Å². The predicted molar refractivity (Wildman–Crippen MR) is 90.6 cm³/mol. The van der Waals surface area contributed by atoms with E-state index in [0.717, 1.165) is 11.3 Å². The summed E-state index contributed by atoms with van der Waals surface area (Å²) in [7, 11) is 1.57. The number of anilines is 1. The Kier molecular flexibility index (Phi) is 3.13. The number of ether oxygens (including phenoxy) is 2. The van der Waals surface area contributed by atoms with Gasteiger partial charge in [0.05, 0.1) is 0 Å². The van der Waals surface area contributed by atoms with Crippen molar-refractivity contribution in [1.29, 1.82) is 0 Å². The number of ketones is 1. The summed E-state index contributed by atoms with van der Waals surface area (Å²) < 4.78 is 11.8. The van der Waals surface area contributed by atoms with Crippen LogP contribution in [0.15, 0.2) is 48.5 Å². The lowest BCUT2D eigenvalue weighted by Crippen LogP contribution is -2.46. The van der Waals surface area contributed by atoms with E-state index < -0.39 is 12.0 Å². The molecule has 1 fully saturated rings. The molecule has 0 aliphatic carbocycles. The Bertz CT molecular complexity index is 817. The van der Waals surface area contributed by atoms with Crippen LogP contribution in [0.25, 0.3) is 0 Å². The van der Waals surface area contributed by atoms with Crippen LogP contribution in [-0.2, 0) is 15.4 Å². The van der Waals surface area contributed by atoms with E-state index >= 15 is 0 Å². The van der Waals surface area contributed by atoms with E-state index in [0.29, 0.717) is 16.1 Å². The third kappa shape index (κ3) is 1.84. The van der Waals surface area contributed by atoms with Crippen molar-refractivity contribution in [3.8, 4) is 0 Å². The number of nitrogens with zero attached hydrogens (tertiary/aromatic N) is 1. The molecule has 4 nitrogen and oxygen atoms in total. The average Bonchev–Trinajstić information content (AvgIpc) is 2.85. The molecule has 2 unspecified atom stereocenters. The molecule has 0 radical (unpaired) electrons. The molecular weight excluding hydrogens is 310 g/mol. The van der Waals surface area contributed by atoms with Gasteiger partial charge in [0.1, 0.15) is 4.99 Å². The standard InChI is InChI=1S/C18H15NO3S/c1-11-7-9-12(10-8-11)19-17(23)16-15(20)13-5-3-4-6-14(13)18(19,21-2)22-16/h3-10,16H,1-2H3. The van der Waals surface area contributed by atoms with E-state index in [4.69, 9.17) is 21.7 Å². The number of methoxy groups -OCH3 is 1. The summed E-state index contributed by atoms with van der Waals surface area (Å²) in [5.74, 6) is -1.31. The van der Waals surface area contributed by atoms with Gasteiger partial charge in [-0.1, -0.05) is 54.2 Å². The van der Waals surface area contributed by atoms with E-state index in [1.165, 1.54) is 0 Å². The molecule has 0 N–H and O–H groups in total. The van der Waals surface area contributed by atoms with Crippen LogP contribution < -0.4 is 4.90 Å². The zero-order chi connectivity index (χ0) is 16.2. The van der Waals surface area contributed by atoms with Gasteiger partial charge in [-0.05, 0) is 19.1 Å². The molecule has 0 saturated carbocycles. The SMILES string of the molecule is COC12OC(C(=O)c3ccccc31)C(=S)N2c1ccc(C)cc1. The number of fused-ring (bicyclic) bond motifs is 4. The predicted octanol–water partition coefficient (Wildman–Crippen LogP) is 3.18. The largest absolute Gasteiger partial charge is 0.332 e. The molecule has 4 rings (SSSR count). The maximum Gasteiger partial charge on any atom is 0.286 e. The Balaban J connectivity index is 1.96. The molecular formula is C18H15NO3S. The van der Waals surface area contributed by atoms with Gasteiger partial charge < -0.3 is 9.47 Å². The first-order valence-corrected chi connectivity index (χ1v) is 7.77. The van der Waals surface area contributed by atoms with Crippen LogP contribution in [0.1, 0.15) is 21.5 Å². The Labute approximate surface area is 139 Å². The average molecular weight is 325 g/mol. The molecule has 2 aromatic rings. The van der Waals surface area contributed by atoms with Gasteiger partial charge in [0.15, 0.2) is 11.9 Å². The van der Waals surface area contributed by atoms with Crippen LogP contribution in [0.3, 0.4) is 0 Å². The molecule has 1 saturated heterocycles. The van der Waals surface area contributed by atoms with Crippen molar-refractivity contribution in [3.05, 3.63) is 65.2 Å². The highest BCUT2D eigenvalue weighted by atomic mass is 32.1. The van der Waals surface area contributed by atoms with E-state index in [9.17, 15) is 4.79 Å². The first kappa shape index (κ1) is 14.5. The Hall–Kier alpha value is -2.08. The van der Waals surface area contributed by atoms with E-state index in [1.54, 1.807) is 18.1 Å². The minimum atomic E-state index is -1.19. The second-order valence-electron chi connectivity index (χ2n) is 5.70. The van der Waals surface area contributed by atoms with Gasteiger partial charge in [0.25, 0.3) is 5.91 Å². The molecule has 2 aliphatic rings. The van der Waals surface area contributed by atoms with Crippen LogP contribution >= 0.6 is 12.2 Å². The molecule has 2 aliphatic heterocycles. The molecule has 2 heterocycles. The van der Waals surface area contributed by atoms with Gasteiger partial charge in [0.2, 0.25) is 0 Å². The second kappa shape index (κ2) is 4.96. The summed E-state index contributed by atoms with van der Waals surface area (Å²) in [6.45, 7) is 2.02. The molecule has 2 bridgehead atoms. The highest BCUT2D eigenvalue weighted by Gasteiger charge is 2.59. The monoisotopic (exact) mass is 325 g/mol. The third-order valence-corrected chi connectivity index (χ3v) is 4.75. The Morgan fingerprint density at radius 1 is 1.17 bits per heavy atom. The van der Waals surface area contributed by atoms with Crippen LogP contribution in [0, 0.1) is 6.92 Å². The van der Waals surface area contributed by atoms with Crippen LogP contribution in [-0.4, -0.2) is 24.0 Å². The number of aryl methyl sites for hydroxylation is 1. The summed E-state index contributed by atoms with van der Waals surface area (Å²) in [5.41, 5.74) is 3.27. The molecule has 23 heavy (non-hydrogen) atoms. The van der Waals surface area contributed by atoms with Crippen molar-refractivity contribution in [2.75, 3.05) is 12.0 Å². The van der Waals surface area contributed by atoms with Gasteiger partial charge in [-0.15, -0.1) is 0 Å². The number of benzene rings is 2. The topological polar surface area (TPSA) is 38.8 Å². The maximum atomic E-state index is 12.7. The quantitative estimate of drug-likeness (QED) is 0.793. The van der Waals surface area contributed by atoms with Crippen molar-refractivity contribution in [3.63, 3.8) is 0 Å². The molecule has 0 aromatic heterocycles. The molecule has 0 spiro atoms. The van der Waals surface area contributed by atoms with Crippen molar-refractivity contribution in [1.82, 2.24) is 0 Å². The number of thiocarbonyl (C=S) groups is 1. The van der Waals surface area contributed by atoms with Crippen molar-refractivity contribution in [2.45, 2.75) is 18.9 Å². The highest BCUT2D eigenvalue weighted by Crippen LogP contribution is 2.47. The molecule has 116 valence electrons. The van der Waals surface area contributed by atoms with E-state index in [1.807, 2.05) is 49.4 Å². The van der Waals surface area contributed by atoms with E-state index in [2.05, 4.69) is 0 Å². The maximum absolute atomic E-state index is 12.7. The van der Waals surface area contributed by atoms with Gasteiger partial charge in [0, 0.05) is 23.9 Å². The number of rotatable bonds is 2. The Morgan fingerprint density at radius 3 is 2.57 bits per heavy atom. The van der Waals surface area contributed by atoms with Crippen molar-refractivity contribution in [2.24, 2.45) is 0 Å². The summed E-state index contributed by atoms with van der Waals surface area (Å²) in [6.07, 6.45) is -0.791. The lowest BCUT2D eigenvalue weighted by molar-refractivity contribution is -0.215. The smallest absolute Gasteiger partial charge is 0.286 e.